The summed E-state index contributed by atoms with van der Waals surface area (Å²) in [5.74, 6) is 0.390. The van der Waals surface area contributed by atoms with Crippen LogP contribution in [0.5, 0.6) is 5.75 Å². The summed E-state index contributed by atoms with van der Waals surface area (Å²) in [7, 11) is 0. The maximum atomic E-state index is 12.5. The first kappa shape index (κ1) is 13.7. The van der Waals surface area contributed by atoms with Crippen LogP contribution in [-0.2, 0) is 11.2 Å². The molecule has 0 aromatic heterocycles. The van der Waals surface area contributed by atoms with Crippen molar-refractivity contribution in [3.63, 3.8) is 0 Å². The number of phenols is 1. The Kier molecular flexibility index (Phi) is 3.91. The van der Waals surface area contributed by atoms with Crippen LogP contribution in [0.25, 0.3) is 0 Å². The molecule has 108 valence electrons. The van der Waals surface area contributed by atoms with Gasteiger partial charge in [-0.25, -0.2) is 0 Å². The first-order valence-electron chi connectivity index (χ1n) is 7.36. The molecule has 2 aromatic rings. The van der Waals surface area contributed by atoms with Crippen LogP contribution < -0.4 is 0 Å². The second-order valence-electron chi connectivity index (χ2n) is 5.50. The third kappa shape index (κ3) is 3.07. The minimum Gasteiger partial charge on any atom is -0.508 e. The van der Waals surface area contributed by atoms with Crippen LogP contribution in [0.2, 0.25) is 0 Å². The van der Waals surface area contributed by atoms with Crippen molar-refractivity contribution in [3.05, 3.63) is 65.7 Å². The molecule has 3 rings (SSSR count). The lowest BCUT2D eigenvalue weighted by Gasteiger charge is -2.25. The van der Waals surface area contributed by atoms with E-state index in [0.717, 1.165) is 24.9 Å². The Hall–Kier alpha value is -2.29. The van der Waals surface area contributed by atoms with Gasteiger partial charge in [0.2, 0.25) is 5.91 Å². The number of carbonyl (C=O) groups is 1. The molecule has 21 heavy (non-hydrogen) atoms. The van der Waals surface area contributed by atoms with Crippen molar-refractivity contribution in [2.75, 3.05) is 6.54 Å². The zero-order chi connectivity index (χ0) is 14.7. The lowest BCUT2D eigenvalue weighted by atomic mass is 10.0. The number of benzene rings is 2. The monoisotopic (exact) mass is 281 g/mol. The first-order chi connectivity index (χ1) is 10.2. The highest BCUT2D eigenvalue weighted by Crippen LogP contribution is 2.32. The molecule has 1 fully saturated rings. The van der Waals surface area contributed by atoms with E-state index in [1.165, 1.54) is 5.56 Å². The van der Waals surface area contributed by atoms with Gasteiger partial charge < -0.3 is 10.0 Å². The average Bonchev–Trinajstić information content (AvgIpc) is 3.00. The lowest BCUT2D eigenvalue weighted by molar-refractivity contribution is -0.131. The maximum Gasteiger partial charge on any atom is 0.227 e. The van der Waals surface area contributed by atoms with E-state index in [4.69, 9.17) is 0 Å². The fraction of sp³-hybridized carbons (Fsp3) is 0.278. The molecule has 0 aliphatic carbocycles. The fourth-order valence-corrected chi connectivity index (χ4v) is 2.98. The van der Waals surface area contributed by atoms with E-state index in [2.05, 4.69) is 12.1 Å². The zero-order valence-corrected chi connectivity index (χ0v) is 11.9. The number of phenolic OH excluding ortho intramolecular Hbond substituents is 1. The van der Waals surface area contributed by atoms with Crippen LogP contribution in [0.4, 0.5) is 0 Å². The summed E-state index contributed by atoms with van der Waals surface area (Å²) in [6, 6.07) is 17.3. The summed E-state index contributed by atoms with van der Waals surface area (Å²) in [6.45, 7) is 0.830. The normalized spacial score (nSPS) is 17.9. The predicted octanol–water partition coefficient (Wildman–Crippen LogP) is 3.30. The van der Waals surface area contributed by atoms with Gasteiger partial charge in [-0.1, -0.05) is 42.5 Å². The van der Waals surface area contributed by atoms with Crippen molar-refractivity contribution in [3.8, 4) is 5.75 Å². The molecule has 1 aliphatic rings. The largest absolute Gasteiger partial charge is 0.508 e. The molecule has 3 heteroatoms. The summed E-state index contributed by atoms with van der Waals surface area (Å²) < 4.78 is 0. The molecule has 1 amide bonds. The van der Waals surface area contributed by atoms with E-state index in [0.29, 0.717) is 6.42 Å². The summed E-state index contributed by atoms with van der Waals surface area (Å²) >= 11 is 0. The molecular formula is C18H19NO2. The number of hydrogen-bond acceptors (Lipinski definition) is 2. The molecule has 0 saturated carbocycles. The summed E-state index contributed by atoms with van der Waals surface area (Å²) in [5, 5.41) is 9.30. The molecule has 0 radical (unpaired) electrons. The first-order valence-corrected chi connectivity index (χ1v) is 7.36. The molecule has 1 N–H and O–H groups in total. The van der Waals surface area contributed by atoms with Crippen LogP contribution in [-0.4, -0.2) is 22.5 Å². The van der Waals surface area contributed by atoms with Crippen LogP contribution in [0.15, 0.2) is 54.6 Å². The second-order valence-corrected chi connectivity index (χ2v) is 5.50. The van der Waals surface area contributed by atoms with Crippen LogP contribution in [0.1, 0.15) is 30.0 Å². The molecule has 2 aromatic carbocycles. The lowest BCUT2D eigenvalue weighted by Crippen LogP contribution is -2.31. The van der Waals surface area contributed by atoms with Crippen molar-refractivity contribution in [2.24, 2.45) is 0 Å². The summed E-state index contributed by atoms with van der Waals surface area (Å²) in [6.07, 6.45) is 2.48. The van der Waals surface area contributed by atoms with Crippen LogP contribution >= 0.6 is 0 Å². The Balaban J connectivity index is 1.73. The van der Waals surface area contributed by atoms with Gasteiger partial charge in [0.1, 0.15) is 5.75 Å². The number of rotatable bonds is 3. The number of carbonyl (C=O) groups excluding carboxylic acids is 1. The second kappa shape index (κ2) is 6.00. The number of likely N-dealkylation sites (tertiary alicyclic amines) is 1. The van der Waals surface area contributed by atoms with Gasteiger partial charge in [0.05, 0.1) is 12.5 Å². The molecule has 1 saturated heterocycles. The fourth-order valence-electron chi connectivity index (χ4n) is 2.98. The smallest absolute Gasteiger partial charge is 0.227 e. The minimum atomic E-state index is 0.159. The highest BCUT2D eigenvalue weighted by Gasteiger charge is 2.29. The molecule has 0 bridgehead atoms. The highest BCUT2D eigenvalue weighted by molar-refractivity contribution is 5.79. The third-order valence-corrected chi connectivity index (χ3v) is 4.05. The zero-order valence-electron chi connectivity index (χ0n) is 11.9. The van der Waals surface area contributed by atoms with E-state index in [9.17, 15) is 9.90 Å². The maximum absolute atomic E-state index is 12.5. The standard InChI is InChI=1S/C18H19NO2/c20-16-10-8-14(9-11-16)13-18(21)19-12-4-7-17(19)15-5-2-1-3-6-15/h1-3,5-6,8-11,17,20H,4,7,12-13H2. The van der Waals surface area contributed by atoms with E-state index in [-0.39, 0.29) is 17.7 Å². The van der Waals surface area contributed by atoms with E-state index >= 15 is 0 Å². The molecule has 1 unspecified atom stereocenters. The Morgan fingerprint density at radius 2 is 1.81 bits per heavy atom. The number of amides is 1. The van der Waals surface area contributed by atoms with Gasteiger partial charge in [0.25, 0.3) is 0 Å². The summed E-state index contributed by atoms with van der Waals surface area (Å²) in [4.78, 5) is 14.5. The van der Waals surface area contributed by atoms with Gasteiger partial charge in [-0.15, -0.1) is 0 Å². The average molecular weight is 281 g/mol. The Morgan fingerprint density at radius 1 is 1.10 bits per heavy atom. The topological polar surface area (TPSA) is 40.5 Å². The Labute approximate surface area is 124 Å². The van der Waals surface area contributed by atoms with Gasteiger partial charge in [0.15, 0.2) is 0 Å². The van der Waals surface area contributed by atoms with Crippen molar-refractivity contribution in [2.45, 2.75) is 25.3 Å². The Bertz CT molecular complexity index is 607. The highest BCUT2D eigenvalue weighted by atomic mass is 16.3. The van der Waals surface area contributed by atoms with Gasteiger partial charge >= 0.3 is 0 Å². The molecule has 1 heterocycles. The van der Waals surface area contributed by atoms with Crippen molar-refractivity contribution < 1.29 is 9.90 Å². The molecule has 1 aliphatic heterocycles. The molecule has 3 nitrogen and oxygen atoms in total. The van der Waals surface area contributed by atoms with E-state index in [1.54, 1.807) is 24.3 Å². The van der Waals surface area contributed by atoms with Gasteiger partial charge in [-0.3, -0.25) is 4.79 Å². The predicted molar refractivity (Wildman–Crippen MR) is 81.9 cm³/mol. The van der Waals surface area contributed by atoms with Crippen molar-refractivity contribution in [1.82, 2.24) is 4.90 Å². The number of aromatic hydroxyl groups is 1. The SMILES string of the molecule is O=C(Cc1ccc(O)cc1)N1CCCC1c1ccccc1. The number of nitrogens with zero attached hydrogens (tertiary/aromatic N) is 1. The quantitative estimate of drug-likeness (QED) is 0.937. The van der Waals surface area contributed by atoms with Crippen molar-refractivity contribution >= 4 is 5.91 Å². The third-order valence-electron chi connectivity index (χ3n) is 4.05. The van der Waals surface area contributed by atoms with Crippen LogP contribution in [0, 0.1) is 0 Å². The van der Waals surface area contributed by atoms with Gasteiger partial charge in [-0.2, -0.15) is 0 Å². The van der Waals surface area contributed by atoms with Crippen molar-refractivity contribution in [1.29, 1.82) is 0 Å². The van der Waals surface area contributed by atoms with Crippen LogP contribution in [0.3, 0.4) is 0 Å². The molecular weight excluding hydrogens is 262 g/mol. The molecule has 0 spiro atoms. The molecule has 1 atom stereocenters. The van der Waals surface area contributed by atoms with Gasteiger partial charge in [-0.05, 0) is 36.1 Å². The van der Waals surface area contributed by atoms with E-state index in [1.807, 2.05) is 23.1 Å². The van der Waals surface area contributed by atoms with Gasteiger partial charge in [0, 0.05) is 6.54 Å². The summed E-state index contributed by atoms with van der Waals surface area (Å²) in [5.41, 5.74) is 2.16. The van der Waals surface area contributed by atoms with E-state index < -0.39 is 0 Å². The number of hydrogen-bond donors (Lipinski definition) is 1. The Morgan fingerprint density at radius 3 is 2.52 bits per heavy atom. The minimum absolute atomic E-state index is 0.159.